The molecule has 0 saturated heterocycles. The molecule has 1 aliphatic rings. The van der Waals surface area contributed by atoms with Gasteiger partial charge in [0, 0.05) is 43.5 Å². The Morgan fingerprint density at radius 1 is 1.36 bits per heavy atom. The Hall–Kier alpha value is -2.13. The normalized spacial score (nSPS) is 21.4. The molecule has 0 N–H and O–H groups in total. The third-order valence-corrected chi connectivity index (χ3v) is 6.71. The van der Waals surface area contributed by atoms with Crippen LogP contribution in [-0.4, -0.2) is 49.7 Å². The van der Waals surface area contributed by atoms with E-state index in [1.54, 1.807) is 25.4 Å². The number of fused-ring (bicyclic) bond motifs is 1. The lowest BCUT2D eigenvalue weighted by Gasteiger charge is -2.34. The van der Waals surface area contributed by atoms with Gasteiger partial charge in [-0.05, 0) is 29.5 Å². The van der Waals surface area contributed by atoms with Crippen LogP contribution in [0.5, 0.6) is 5.88 Å². The van der Waals surface area contributed by atoms with E-state index in [1.165, 1.54) is 13.4 Å². The highest BCUT2D eigenvalue weighted by atomic mass is 35.5. The van der Waals surface area contributed by atoms with Gasteiger partial charge in [-0.1, -0.05) is 16.7 Å². The Labute approximate surface area is 167 Å². The monoisotopic (exact) mass is 425 g/mol. The van der Waals surface area contributed by atoms with Crippen LogP contribution in [0.1, 0.15) is 25.3 Å². The van der Waals surface area contributed by atoms with E-state index in [1.807, 2.05) is 0 Å². The van der Waals surface area contributed by atoms with Crippen LogP contribution < -0.4 is 4.74 Å². The van der Waals surface area contributed by atoms with Crippen molar-refractivity contribution in [1.82, 2.24) is 9.97 Å². The zero-order valence-electron chi connectivity index (χ0n) is 15.7. The van der Waals surface area contributed by atoms with Crippen LogP contribution in [0.15, 0.2) is 23.6 Å². The van der Waals surface area contributed by atoms with Gasteiger partial charge in [0.15, 0.2) is 9.84 Å². The van der Waals surface area contributed by atoms with Crippen molar-refractivity contribution in [3.8, 4) is 5.88 Å². The van der Waals surface area contributed by atoms with Crippen molar-refractivity contribution >= 4 is 32.2 Å². The van der Waals surface area contributed by atoms with Gasteiger partial charge in [-0.15, -0.1) is 0 Å². The minimum Gasteiger partial charge on any atom is -0.474 e. The largest absolute Gasteiger partial charge is 0.474 e. The zero-order chi connectivity index (χ0) is 20.5. The van der Waals surface area contributed by atoms with E-state index in [4.69, 9.17) is 26.6 Å². The summed E-state index contributed by atoms with van der Waals surface area (Å²) in [5.41, 5.74) is 8.61. The number of aromatic nitrogens is 2. The second-order valence-electron chi connectivity index (χ2n) is 7.09. The second-order valence-corrected chi connectivity index (χ2v) is 9.80. The van der Waals surface area contributed by atoms with Crippen molar-refractivity contribution in [1.29, 1.82) is 0 Å². The van der Waals surface area contributed by atoms with E-state index in [0.717, 1.165) is 0 Å². The summed E-state index contributed by atoms with van der Waals surface area (Å²) in [6.07, 6.45) is 4.94. The molecule has 1 atom stereocenters. The summed E-state index contributed by atoms with van der Waals surface area (Å²) >= 11 is 6.09. The lowest BCUT2D eigenvalue weighted by Crippen LogP contribution is -2.42. The molecule has 1 saturated carbocycles. The minimum absolute atomic E-state index is 0.145. The van der Waals surface area contributed by atoms with Gasteiger partial charge >= 0.3 is 0 Å². The van der Waals surface area contributed by atoms with Crippen molar-refractivity contribution in [2.24, 2.45) is 5.11 Å². The van der Waals surface area contributed by atoms with E-state index < -0.39 is 15.4 Å². The average molecular weight is 426 g/mol. The number of hydrogen-bond donors (Lipinski definition) is 0. The van der Waals surface area contributed by atoms with Crippen molar-refractivity contribution in [3.05, 3.63) is 39.6 Å². The number of nitrogens with zero attached hydrogens (tertiary/aromatic N) is 5. The molecule has 3 rings (SSSR count). The molecule has 0 aromatic carbocycles. The smallest absolute Gasteiger partial charge is 0.223 e. The molecular formula is C17H20ClN5O4S. The summed E-state index contributed by atoms with van der Waals surface area (Å²) in [5, 5.41) is 5.06. The summed E-state index contributed by atoms with van der Waals surface area (Å²) in [4.78, 5) is 11.4. The van der Waals surface area contributed by atoms with Crippen LogP contribution in [-0.2, 0) is 20.1 Å². The minimum atomic E-state index is -3.07. The summed E-state index contributed by atoms with van der Waals surface area (Å²) in [5.74, 6) is 0.334. The molecule has 2 aromatic heterocycles. The van der Waals surface area contributed by atoms with Crippen LogP contribution in [0.3, 0.4) is 0 Å². The Bertz CT molecular complexity index is 1050. The molecule has 0 aliphatic heterocycles. The number of hydrogen-bond acceptors (Lipinski definition) is 7. The van der Waals surface area contributed by atoms with Gasteiger partial charge < -0.3 is 9.47 Å². The molecule has 0 radical (unpaired) electrons. The Balaban J connectivity index is 2.00. The Morgan fingerprint density at radius 3 is 2.68 bits per heavy atom. The topological polar surface area (TPSA) is 127 Å². The zero-order valence-corrected chi connectivity index (χ0v) is 17.2. The van der Waals surface area contributed by atoms with Crippen molar-refractivity contribution in [2.75, 3.05) is 20.0 Å². The molecule has 0 unspecified atom stereocenters. The van der Waals surface area contributed by atoms with Crippen LogP contribution in [0.4, 0.5) is 0 Å². The number of sulfone groups is 1. The highest BCUT2D eigenvalue weighted by Crippen LogP contribution is 2.38. The molecular weight excluding hydrogens is 406 g/mol. The molecule has 0 amide bonds. The number of ether oxygens (including phenoxy) is 2. The number of azide groups is 1. The first-order valence-electron chi connectivity index (χ1n) is 8.53. The maximum absolute atomic E-state index is 11.6. The fourth-order valence-corrected chi connectivity index (χ4v) is 4.56. The van der Waals surface area contributed by atoms with Crippen LogP contribution in [0.2, 0.25) is 5.15 Å². The third-order valence-electron chi connectivity index (χ3n) is 4.91. The predicted molar refractivity (Wildman–Crippen MR) is 105 cm³/mol. The van der Waals surface area contributed by atoms with Crippen LogP contribution in [0.25, 0.3) is 21.2 Å². The molecule has 28 heavy (non-hydrogen) atoms. The molecule has 0 spiro atoms. The maximum Gasteiger partial charge on any atom is 0.223 e. The Morgan fingerprint density at radius 2 is 2.07 bits per heavy atom. The van der Waals surface area contributed by atoms with Crippen LogP contribution in [0, 0.1) is 0 Å². The van der Waals surface area contributed by atoms with Gasteiger partial charge in [0.2, 0.25) is 5.88 Å². The van der Waals surface area contributed by atoms with Crippen molar-refractivity contribution in [2.45, 2.75) is 36.7 Å². The molecule has 1 fully saturated rings. The predicted octanol–water partition coefficient (Wildman–Crippen LogP) is 3.41. The summed E-state index contributed by atoms with van der Waals surface area (Å²) in [6, 6.07) is 1.65. The highest BCUT2D eigenvalue weighted by molar-refractivity contribution is 7.91. The lowest BCUT2D eigenvalue weighted by atomic mass is 9.91. The van der Waals surface area contributed by atoms with Crippen LogP contribution >= 0.6 is 11.6 Å². The van der Waals surface area contributed by atoms with Gasteiger partial charge in [-0.25, -0.2) is 18.4 Å². The van der Waals surface area contributed by atoms with Gasteiger partial charge in [0.25, 0.3) is 0 Å². The summed E-state index contributed by atoms with van der Waals surface area (Å²) in [6.45, 7) is 1.89. The average Bonchev–Trinajstić information content (AvgIpc) is 2.56. The van der Waals surface area contributed by atoms with E-state index in [9.17, 15) is 8.42 Å². The fourth-order valence-electron chi connectivity index (χ4n) is 3.27. The number of methoxy groups -OCH3 is 1. The molecule has 150 valence electrons. The van der Waals surface area contributed by atoms with Crippen molar-refractivity contribution < 1.29 is 17.9 Å². The number of pyridine rings is 2. The van der Waals surface area contributed by atoms with E-state index in [2.05, 4.69) is 20.0 Å². The molecule has 2 aromatic rings. The van der Waals surface area contributed by atoms with E-state index >= 15 is 0 Å². The fraction of sp³-hybridized carbons (Fsp3) is 0.529. The summed E-state index contributed by atoms with van der Waals surface area (Å²) < 4.78 is 34.3. The maximum atomic E-state index is 11.6. The third kappa shape index (κ3) is 4.00. The molecule has 11 heteroatoms. The first kappa shape index (κ1) is 20.6. The molecule has 0 bridgehead atoms. The SMILES string of the molecule is COC[C@@](C)(N=[N+]=[N-])c1cnc(OC2CC(S(C)(=O)=O)C2)c2cnc(Cl)cc12. The number of rotatable bonds is 7. The van der Waals surface area contributed by atoms with Gasteiger partial charge in [0.05, 0.1) is 22.8 Å². The molecule has 2 heterocycles. The first-order valence-corrected chi connectivity index (χ1v) is 10.9. The standard InChI is InChI=1S/C17H20ClN5O4S/c1-17(9-26-2,22-23-19)14-8-21-16(13-7-20-15(18)6-12(13)14)27-10-4-11(5-10)28(3,24)25/h6-8,10-11H,4-5,9H2,1-3H3/t10?,11?,17-/m1/s1. The van der Waals surface area contributed by atoms with Gasteiger partial charge in [0.1, 0.15) is 11.3 Å². The number of halogens is 1. The summed E-state index contributed by atoms with van der Waals surface area (Å²) in [7, 11) is -1.55. The first-order chi connectivity index (χ1) is 13.2. The van der Waals surface area contributed by atoms with Gasteiger partial charge in [-0.3, -0.25) is 0 Å². The van der Waals surface area contributed by atoms with Gasteiger partial charge in [-0.2, -0.15) is 0 Å². The van der Waals surface area contributed by atoms with Crippen molar-refractivity contribution in [3.63, 3.8) is 0 Å². The quantitative estimate of drug-likeness (QED) is 0.289. The molecule has 1 aliphatic carbocycles. The Kier molecular flexibility index (Phi) is 5.67. The highest BCUT2D eigenvalue weighted by Gasteiger charge is 2.38. The second kappa shape index (κ2) is 7.71. The lowest BCUT2D eigenvalue weighted by molar-refractivity contribution is 0.119. The molecule has 9 nitrogen and oxygen atoms in total. The van der Waals surface area contributed by atoms with E-state index in [-0.39, 0.29) is 23.1 Å². The van der Waals surface area contributed by atoms with E-state index in [0.29, 0.717) is 35.1 Å².